The van der Waals surface area contributed by atoms with Gasteiger partial charge in [-0.25, -0.2) is 0 Å². The summed E-state index contributed by atoms with van der Waals surface area (Å²) in [4.78, 5) is 11.6. The van der Waals surface area contributed by atoms with Crippen molar-refractivity contribution in [1.82, 2.24) is 5.32 Å². The molecule has 1 saturated heterocycles. The Labute approximate surface area is 98.9 Å². The van der Waals surface area contributed by atoms with Crippen molar-refractivity contribution < 1.29 is 9.53 Å². The molecule has 1 rings (SSSR count). The van der Waals surface area contributed by atoms with Crippen molar-refractivity contribution in [1.29, 1.82) is 0 Å². The Morgan fingerprint density at radius 1 is 1.44 bits per heavy atom. The van der Waals surface area contributed by atoms with Crippen LogP contribution in [0.5, 0.6) is 0 Å². The van der Waals surface area contributed by atoms with Crippen molar-refractivity contribution in [2.45, 2.75) is 65.0 Å². The minimum atomic E-state index is -0.358. The zero-order valence-electron chi connectivity index (χ0n) is 11.0. The Kier molecular flexibility index (Phi) is 4.78. The maximum Gasteiger partial charge on any atom is 0.306 e. The van der Waals surface area contributed by atoms with Gasteiger partial charge in [-0.2, -0.15) is 0 Å². The molecule has 1 heterocycles. The highest BCUT2D eigenvalue weighted by molar-refractivity contribution is 5.69. The number of carbonyl (C=O) groups is 1. The van der Waals surface area contributed by atoms with Crippen molar-refractivity contribution in [3.8, 4) is 0 Å². The van der Waals surface area contributed by atoms with Crippen LogP contribution in [0.1, 0.15) is 53.4 Å². The first-order valence-corrected chi connectivity index (χ1v) is 6.34. The number of piperidine rings is 1. The van der Waals surface area contributed by atoms with E-state index in [1.165, 1.54) is 12.8 Å². The molecule has 2 atom stereocenters. The first-order valence-electron chi connectivity index (χ1n) is 6.34. The van der Waals surface area contributed by atoms with Gasteiger partial charge < -0.3 is 10.1 Å². The molecule has 0 aromatic rings. The van der Waals surface area contributed by atoms with Gasteiger partial charge in [0.15, 0.2) is 0 Å². The highest BCUT2D eigenvalue weighted by Gasteiger charge is 2.23. The van der Waals surface area contributed by atoms with Crippen LogP contribution in [0.3, 0.4) is 0 Å². The fourth-order valence-electron chi connectivity index (χ4n) is 2.17. The standard InChI is InChI=1S/C13H25NO2/c1-10-6-5-9-14-11(10)7-8-12(15)16-13(2,3)4/h10-11,14H,5-9H2,1-4H3/t10-,11-/m1/s1. The van der Waals surface area contributed by atoms with Crippen molar-refractivity contribution >= 4 is 5.97 Å². The summed E-state index contributed by atoms with van der Waals surface area (Å²) in [6.07, 6.45) is 3.95. The van der Waals surface area contributed by atoms with Gasteiger partial charge in [0.1, 0.15) is 5.60 Å². The fraction of sp³-hybridized carbons (Fsp3) is 0.923. The van der Waals surface area contributed by atoms with E-state index < -0.39 is 0 Å². The number of nitrogens with one attached hydrogen (secondary N) is 1. The predicted molar refractivity (Wildman–Crippen MR) is 65.3 cm³/mol. The first kappa shape index (κ1) is 13.5. The molecule has 1 aliphatic heterocycles. The molecule has 16 heavy (non-hydrogen) atoms. The molecule has 94 valence electrons. The number of hydrogen-bond acceptors (Lipinski definition) is 3. The Morgan fingerprint density at radius 3 is 2.69 bits per heavy atom. The van der Waals surface area contributed by atoms with E-state index in [1.54, 1.807) is 0 Å². The van der Waals surface area contributed by atoms with E-state index in [0.717, 1.165) is 13.0 Å². The third-order valence-electron chi connectivity index (χ3n) is 3.01. The molecule has 1 N–H and O–H groups in total. The summed E-state index contributed by atoms with van der Waals surface area (Å²) in [5.74, 6) is 0.600. The Balaban J connectivity index is 2.25. The van der Waals surface area contributed by atoms with Crippen LogP contribution in [0.25, 0.3) is 0 Å². The molecule has 0 amide bonds. The smallest absolute Gasteiger partial charge is 0.306 e. The number of ether oxygens (including phenoxy) is 1. The number of rotatable bonds is 3. The average molecular weight is 227 g/mol. The topological polar surface area (TPSA) is 38.3 Å². The van der Waals surface area contributed by atoms with E-state index in [-0.39, 0.29) is 11.6 Å². The monoisotopic (exact) mass is 227 g/mol. The van der Waals surface area contributed by atoms with Gasteiger partial charge in [-0.15, -0.1) is 0 Å². The van der Waals surface area contributed by atoms with Gasteiger partial charge in [0.2, 0.25) is 0 Å². The van der Waals surface area contributed by atoms with E-state index in [9.17, 15) is 4.79 Å². The summed E-state index contributed by atoms with van der Waals surface area (Å²) in [6, 6.07) is 0.487. The minimum Gasteiger partial charge on any atom is -0.460 e. The van der Waals surface area contributed by atoms with E-state index in [0.29, 0.717) is 18.4 Å². The normalized spacial score (nSPS) is 26.5. The van der Waals surface area contributed by atoms with Crippen LogP contribution < -0.4 is 5.32 Å². The summed E-state index contributed by atoms with van der Waals surface area (Å²) in [5, 5.41) is 3.48. The fourth-order valence-corrected chi connectivity index (χ4v) is 2.17. The van der Waals surface area contributed by atoms with Crippen LogP contribution in [-0.2, 0) is 9.53 Å². The molecule has 0 radical (unpaired) electrons. The average Bonchev–Trinajstić information content (AvgIpc) is 2.14. The van der Waals surface area contributed by atoms with Crippen molar-refractivity contribution in [3.05, 3.63) is 0 Å². The molecule has 0 spiro atoms. The maximum absolute atomic E-state index is 11.6. The highest BCUT2D eigenvalue weighted by atomic mass is 16.6. The van der Waals surface area contributed by atoms with Crippen molar-refractivity contribution in [2.24, 2.45) is 5.92 Å². The lowest BCUT2D eigenvalue weighted by Gasteiger charge is -2.30. The summed E-state index contributed by atoms with van der Waals surface area (Å²) in [5.41, 5.74) is -0.358. The maximum atomic E-state index is 11.6. The Hall–Kier alpha value is -0.570. The Bertz CT molecular complexity index is 233. The third-order valence-corrected chi connectivity index (χ3v) is 3.01. The van der Waals surface area contributed by atoms with Crippen LogP contribution in [0.2, 0.25) is 0 Å². The van der Waals surface area contributed by atoms with Crippen molar-refractivity contribution in [3.63, 3.8) is 0 Å². The number of hydrogen-bond donors (Lipinski definition) is 1. The number of carbonyl (C=O) groups excluding carboxylic acids is 1. The quantitative estimate of drug-likeness (QED) is 0.753. The van der Waals surface area contributed by atoms with Crippen molar-refractivity contribution in [2.75, 3.05) is 6.54 Å². The molecule has 0 aliphatic carbocycles. The van der Waals surface area contributed by atoms with Gasteiger partial charge in [0.25, 0.3) is 0 Å². The van der Waals surface area contributed by atoms with E-state index in [2.05, 4.69) is 12.2 Å². The van der Waals surface area contributed by atoms with E-state index in [4.69, 9.17) is 4.74 Å². The summed E-state index contributed by atoms with van der Waals surface area (Å²) in [6.45, 7) is 9.07. The van der Waals surface area contributed by atoms with Crippen LogP contribution >= 0.6 is 0 Å². The predicted octanol–water partition coefficient (Wildman–Crippen LogP) is 2.50. The van der Waals surface area contributed by atoms with Gasteiger partial charge in [-0.1, -0.05) is 6.92 Å². The number of esters is 1. The molecule has 0 unspecified atom stereocenters. The van der Waals surface area contributed by atoms with Crippen LogP contribution in [0, 0.1) is 5.92 Å². The Morgan fingerprint density at radius 2 is 2.12 bits per heavy atom. The molecule has 3 heteroatoms. The van der Waals surface area contributed by atoms with Crippen LogP contribution in [-0.4, -0.2) is 24.2 Å². The lowest BCUT2D eigenvalue weighted by Crippen LogP contribution is -2.40. The third kappa shape index (κ3) is 4.97. The zero-order valence-corrected chi connectivity index (χ0v) is 11.0. The second-order valence-electron chi connectivity index (χ2n) is 5.81. The molecular formula is C13H25NO2. The molecule has 0 aromatic carbocycles. The molecule has 0 bridgehead atoms. The zero-order chi connectivity index (χ0) is 12.2. The summed E-state index contributed by atoms with van der Waals surface area (Å²) in [7, 11) is 0. The molecule has 0 aromatic heterocycles. The molecule has 1 fully saturated rings. The highest BCUT2D eigenvalue weighted by Crippen LogP contribution is 2.20. The molecule has 0 saturated carbocycles. The van der Waals surface area contributed by atoms with Gasteiger partial charge in [-0.3, -0.25) is 4.79 Å². The van der Waals surface area contributed by atoms with Crippen LogP contribution in [0.4, 0.5) is 0 Å². The second kappa shape index (κ2) is 5.67. The second-order valence-corrected chi connectivity index (χ2v) is 5.81. The SMILES string of the molecule is C[C@@H]1CCCN[C@@H]1CCC(=O)OC(C)(C)C. The minimum absolute atomic E-state index is 0.0768. The largest absolute Gasteiger partial charge is 0.460 e. The van der Waals surface area contributed by atoms with E-state index >= 15 is 0 Å². The molecule has 3 nitrogen and oxygen atoms in total. The molecular weight excluding hydrogens is 202 g/mol. The van der Waals surface area contributed by atoms with Gasteiger partial charge >= 0.3 is 5.97 Å². The first-order chi connectivity index (χ1) is 7.38. The molecule has 1 aliphatic rings. The van der Waals surface area contributed by atoms with Gasteiger partial charge in [-0.05, 0) is 52.5 Å². The van der Waals surface area contributed by atoms with Gasteiger partial charge in [0.05, 0.1) is 0 Å². The van der Waals surface area contributed by atoms with Gasteiger partial charge in [0, 0.05) is 12.5 Å². The lowest BCUT2D eigenvalue weighted by atomic mass is 9.90. The summed E-state index contributed by atoms with van der Waals surface area (Å²) >= 11 is 0. The summed E-state index contributed by atoms with van der Waals surface area (Å²) < 4.78 is 5.30. The van der Waals surface area contributed by atoms with E-state index in [1.807, 2.05) is 20.8 Å². The lowest BCUT2D eigenvalue weighted by molar-refractivity contribution is -0.155. The van der Waals surface area contributed by atoms with Crippen LogP contribution in [0.15, 0.2) is 0 Å².